The van der Waals surface area contributed by atoms with Crippen LogP contribution in [-0.4, -0.2) is 197 Å². The molecule has 5 fully saturated rings. The number of aliphatic carboxylic acids is 1. The Bertz CT molecular complexity index is 1780. The number of carboxylic acids is 1. The molecule has 20 nitrogen and oxygen atoms in total. The van der Waals surface area contributed by atoms with Gasteiger partial charge in [-0.25, -0.2) is 0 Å². The van der Waals surface area contributed by atoms with E-state index >= 15 is 0 Å². The summed E-state index contributed by atoms with van der Waals surface area (Å²) in [5.41, 5.74) is -1.95. The minimum Gasteiger partial charge on any atom is -0.549 e. The molecule has 2 saturated carbocycles. The molecule has 378 valence electrons. The molecule has 67 heavy (non-hydrogen) atoms. The number of carbonyl (C=O) groups excluding carboxylic acids is 1. The van der Waals surface area contributed by atoms with Crippen LogP contribution in [0.3, 0.4) is 0 Å². The monoisotopic (exact) mass is 968 g/mol. The zero-order valence-electron chi connectivity index (χ0n) is 39.4. The largest absolute Gasteiger partial charge is 1.00 e. The van der Waals surface area contributed by atoms with Gasteiger partial charge in [0.05, 0.1) is 44.6 Å². The normalized spacial score (nSPS) is 48.6. The third-order valence-corrected chi connectivity index (χ3v) is 17.2. The van der Waals surface area contributed by atoms with Gasteiger partial charge in [0.25, 0.3) is 0 Å². The minimum absolute atomic E-state index is 0. The number of rotatable bonds is 14. The average Bonchev–Trinajstić information content (AvgIpc) is 3.62. The van der Waals surface area contributed by atoms with Gasteiger partial charge in [-0.1, -0.05) is 43.6 Å². The molecule has 3 heterocycles. The van der Waals surface area contributed by atoms with Crippen molar-refractivity contribution in [2.45, 2.75) is 196 Å². The zero-order valence-corrected chi connectivity index (χ0v) is 41.4. The van der Waals surface area contributed by atoms with Gasteiger partial charge in [0.1, 0.15) is 72.7 Å². The summed E-state index contributed by atoms with van der Waals surface area (Å²) in [5, 5.41) is 144. The molecule has 0 aromatic heterocycles. The van der Waals surface area contributed by atoms with Crippen LogP contribution in [0.25, 0.3) is 0 Å². The molecular formula is C46H73NaO20. The van der Waals surface area contributed by atoms with Crippen LogP contribution in [0.5, 0.6) is 0 Å². The van der Waals surface area contributed by atoms with Crippen molar-refractivity contribution in [1.29, 1.82) is 0 Å². The number of allylic oxidation sites excluding steroid dienone is 2. The topological polar surface area (TPSA) is 338 Å². The van der Waals surface area contributed by atoms with Crippen molar-refractivity contribution < 1.29 is 129 Å². The maximum absolute atomic E-state index is 13.7. The van der Waals surface area contributed by atoms with Crippen LogP contribution in [-0.2, 0) is 33.2 Å². The molecule has 0 bridgehead atoms. The van der Waals surface area contributed by atoms with Crippen LogP contribution in [0.1, 0.15) is 92.4 Å². The van der Waals surface area contributed by atoms with Gasteiger partial charge in [-0.15, -0.1) is 0 Å². The summed E-state index contributed by atoms with van der Waals surface area (Å²) in [6.07, 6.45) is -19.9. The van der Waals surface area contributed by atoms with E-state index in [2.05, 4.69) is 0 Å². The zero-order chi connectivity index (χ0) is 48.4. The molecule has 7 aliphatic rings. The molecule has 0 aromatic carbocycles. The summed E-state index contributed by atoms with van der Waals surface area (Å²) in [6, 6.07) is 0. The van der Waals surface area contributed by atoms with Crippen LogP contribution in [0.4, 0.5) is 0 Å². The van der Waals surface area contributed by atoms with Crippen molar-refractivity contribution in [3.63, 3.8) is 0 Å². The number of hydrogen-bond donors (Lipinski definition) is 12. The van der Waals surface area contributed by atoms with Crippen LogP contribution >= 0.6 is 0 Å². The van der Waals surface area contributed by atoms with Gasteiger partial charge in [-0.05, 0) is 94.3 Å². The second kappa shape index (κ2) is 21.4. The molecule has 12 N–H and O–H groups in total. The van der Waals surface area contributed by atoms with E-state index < -0.39 is 158 Å². The average molecular weight is 969 g/mol. The number of fused-ring (bicyclic) bond motifs is 4. The summed E-state index contributed by atoms with van der Waals surface area (Å²) in [5.74, 6) is -2.07. The number of aliphatic hydroxyl groups is 12. The van der Waals surface area contributed by atoms with E-state index in [4.69, 9.17) is 28.4 Å². The standard InChI is InChI=1S/C46H74O20.Na/c1-20(2)6-8-25(50)21(3)22-11-15-45(42(58)59)24-7-9-29-43(4,23(24)10-14-44(22,45)5)13-12-30(46(29,60)19-49)65-41-38(35(55)32(52)27(17-48)63-41)66-39-36(56)33(53)28(18-61-39)64-40-37(57)34(54)31(51)26(16-47)62-40;/h6,21-22,25-41,47-57,60H,7-19H2,1-5H3,(H,58,59);/q;+1/p-1/t21?,22-,25+,26-,27-,28-,29-,30+,31+,32+,33-,34+,35+,36+,37-,38-,39+,40+,41+,43-,44-,45+,46-;/m1./s1. The van der Waals surface area contributed by atoms with Crippen molar-refractivity contribution in [3.05, 3.63) is 22.8 Å². The molecule has 21 heteroatoms. The number of aliphatic hydroxyl groups excluding tert-OH is 11. The van der Waals surface area contributed by atoms with Crippen molar-refractivity contribution >= 4 is 5.97 Å². The van der Waals surface area contributed by atoms with Gasteiger partial charge in [-0.2, -0.15) is 0 Å². The first-order valence-electron chi connectivity index (χ1n) is 23.5. The number of ether oxygens (including phenoxy) is 6. The van der Waals surface area contributed by atoms with Crippen LogP contribution in [0, 0.1) is 34.0 Å². The van der Waals surface area contributed by atoms with Crippen molar-refractivity contribution in [2.24, 2.45) is 34.0 Å². The van der Waals surface area contributed by atoms with Gasteiger partial charge < -0.3 is 99.6 Å². The third-order valence-electron chi connectivity index (χ3n) is 17.2. The van der Waals surface area contributed by atoms with E-state index in [1.54, 1.807) is 0 Å². The van der Waals surface area contributed by atoms with Gasteiger partial charge in [0, 0.05) is 11.3 Å². The predicted molar refractivity (Wildman–Crippen MR) is 224 cm³/mol. The molecule has 3 aliphatic heterocycles. The molecule has 3 saturated heterocycles. The maximum Gasteiger partial charge on any atom is 1.00 e. The molecule has 7 rings (SSSR count). The van der Waals surface area contributed by atoms with Crippen molar-refractivity contribution in [2.75, 3.05) is 26.4 Å². The summed E-state index contributed by atoms with van der Waals surface area (Å²) in [6.45, 7) is 7.12. The quantitative estimate of drug-likeness (QED) is 0.0570. The summed E-state index contributed by atoms with van der Waals surface area (Å²) in [7, 11) is 0. The maximum atomic E-state index is 13.7. The molecular weight excluding hydrogens is 895 g/mol. The SMILES string of the molecule is CC(C)=CC[C@H](O)C(C)[C@H]1CC[C@@]2(C(=O)[O-])C3=C(CC[C@]12C)[C@@]1(C)CC[C@H](O[C@@H]2O[C@H](CO)[C@H](O)[C@H](O)[C@H]2O[C@@H]2OC[C@@H](O[C@@H]4O[C@H](CO)[C@H](O)[C@H](O)[C@H]4O)[C@@H](O)[C@@H]2O)[C@@](O)(CO)[C@@H]1CC3.[Na+]. The van der Waals surface area contributed by atoms with Crippen molar-refractivity contribution in [3.8, 4) is 0 Å². The fourth-order valence-electron chi connectivity index (χ4n) is 13.3. The molecule has 4 aliphatic carbocycles. The number of hydrogen-bond acceptors (Lipinski definition) is 20. The Morgan fingerprint density at radius 3 is 2.01 bits per heavy atom. The molecule has 0 radical (unpaired) electrons. The molecule has 0 amide bonds. The Balaban J connectivity index is 0.00000741. The Hall–Kier alpha value is -0.770. The van der Waals surface area contributed by atoms with E-state index in [0.29, 0.717) is 44.9 Å². The molecule has 0 spiro atoms. The first-order valence-corrected chi connectivity index (χ1v) is 23.5. The second-order valence-electron chi connectivity index (χ2n) is 20.8. The third kappa shape index (κ3) is 9.44. The fourth-order valence-corrected chi connectivity index (χ4v) is 13.3. The van der Waals surface area contributed by atoms with E-state index in [1.807, 2.05) is 40.7 Å². The van der Waals surface area contributed by atoms with E-state index in [1.165, 1.54) is 0 Å². The van der Waals surface area contributed by atoms with Gasteiger partial charge in [0.2, 0.25) is 0 Å². The van der Waals surface area contributed by atoms with E-state index in [-0.39, 0.29) is 54.2 Å². The Labute approximate surface area is 412 Å². The Morgan fingerprint density at radius 2 is 1.40 bits per heavy atom. The van der Waals surface area contributed by atoms with Gasteiger partial charge >= 0.3 is 29.6 Å². The van der Waals surface area contributed by atoms with E-state index in [0.717, 1.165) is 16.7 Å². The minimum atomic E-state index is -1.97. The van der Waals surface area contributed by atoms with E-state index in [9.17, 15) is 71.2 Å². The van der Waals surface area contributed by atoms with Crippen LogP contribution in [0.15, 0.2) is 22.8 Å². The van der Waals surface area contributed by atoms with Crippen LogP contribution < -0.4 is 34.7 Å². The van der Waals surface area contributed by atoms with Crippen LogP contribution in [0.2, 0.25) is 0 Å². The first-order chi connectivity index (χ1) is 31.1. The molecule has 0 aromatic rings. The number of carboxylic acid groups (broad SMARTS) is 1. The molecule has 23 atom stereocenters. The Morgan fingerprint density at radius 1 is 0.776 bits per heavy atom. The summed E-state index contributed by atoms with van der Waals surface area (Å²) < 4.78 is 34.9. The van der Waals surface area contributed by atoms with Crippen molar-refractivity contribution in [1.82, 2.24) is 0 Å². The van der Waals surface area contributed by atoms with Gasteiger partial charge in [0.15, 0.2) is 18.9 Å². The summed E-state index contributed by atoms with van der Waals surface area (Å²) in [4.78, 5) is 13.7. The second-order valence-corrected chi connectivity index (χ2v) is 20.8. The number of carbonyl (C=O) groups is 1. The summed E-state index contributed by atoms with van der Waals surface area (Å²) >= 11 is 0. The predicted octanol–water partition coefficient (Wildman–Crippen LogP) is -6.01. The first kappa shape index (κ1) is 55.5. The smallest absolute Gasteiger partial charge is 0.549 e. The Kier molecular flexibility index (Phi) is 17.7. The molecule has 1 unspecified atom stereocenters. The fraction of sp³-hybridized carbons (Fsp3) is 0.891. The van der Waals surface area contributed by atoms with Gasteiger partial charge in [-0.3, -0.25) is 0 Å².